The smallest absolute Gasteiger partial charge is 0.119 e. The van der Waals surface area contributed by atoms with Crippen molar-refractivity contribution in [3.63, 3.8) is 0 Å². The zero-order valence-electron chi connectivity index (χ0n) is 12.1. The molecule has 106 valence electrons. The lowest BCUT2D eigenvalue weighted by atomic mass is 9.84. The highest BCUT2D eigenvalue weighted by Crippen LogP contribution is 2.42. The average molecular weight is 279 g/mol. The summed E-state index contributed by atoms with van der Waals surface area (Å²) in [6.45, 7) is 4.98. The minimum absolute atomic E-state index is 0.510. The number of hydrogen-bond donors (Lipinski definition) is 1. The second-order valence-corrected chi connectivity index (χ2v) is 6.61. The summed E-state index contributed by atoms with van der Waals surface area (Å²) in [4.78, 5) is 0. The highest BCUT2D eigenvalue weighted by molar-refractivity contribution is 8.00. The molecule has 0 bridgehead atoms. The summed E-state index contributed by atoms with van der Waals surface area (Å²) < 4.78 is 6.17. The van der Waals surface area contributed by atoms with Crippen LogP contribution in [0.15, 0.2) is 24.3 Å². The molecule has 1 fully saturated rings. The zero-order valence-corrected chi connectivity index (χ0v) is 12.9. The molecule has 1 N–H and O–H groups in total. The Labute approximate surface area is 121 Å². The third-order valence-corrected chi connectivity index (χ3v) is 5.26. The van der Waals surface area contributed by atoms with Crippen molar-refractivity contribution in [1.82, 2.24) is 5.32 Å². The maximum atomic E-state index is 5.66. The van der Waals surface area contributed by atoms with Crippen LogP contribution in [0.5, 0.6) is 5.75 Å². The standard InChI is InChI=1S/C16H25NOS/c1-3-10-18-15-7-4-6-14(11-15)12-17-13-16(19-2)8-5-9-16/h4,6-7,11,17H,3,5,8-10,12-13H2,1-2H3. The van der Waals surface area contributed by atoms with Gasteiger partial charge in [0.25, 0.3) is 0 Å². The van der Waals surface area contributed by atoms with Crippen molar-refractivity contribution in [2.24, 2.45) is 0 Å². The Morgan fingerprint density at radius 2 is 2.21 bits per heavy atom. The van der Waals surface area contributed by atoms with Crippen LogP contribution in [0.3, 0.4) is 0 Å². The van der Waals surface area contributed by atoms with E-state index in [1.165, 1.54) is 24.8 Å². The molecule has 1 aromatic rings. The van der Waals surface area contributed by atoms with Gasteiger partial charge in [-0.2, -0.15) is 11.8 Å². The molecule has 0 heterocycles. The van der Waals surface area contributed by atoms with Gasteiger partial charge in [-0.05, 0) is 43.2 Å². The van der Waals surface area contributed by atoms with Gasteiger partial charge in [-0.3, -0.25) is 0 Å². The highest BCUT2D eigenvalue weighted by Gasteiger charge is 2.35. The van der Waals surface area contributed by atoms with E-state index in [2.05, 4.69) is 36.7 Å². The van der Waals surface area contributed by atoms with Gasteiger partial charge in [-0.15, -0.1) is 0 Å². The Kier molecular flexibility index (Phi) is 5.59. The van der Waals surface area contributed by atoms with Gasteiger partial charge in [0.15, 0.2) is 0 Å². The molecule has 1 aliphatic carbocycles. The second kappa shape index (κ2) is 7.20. The fourth-order valence-corrected chi connectivity index (χ4v) is 3.37. The van der Waals surface area contributed by atoms with Gasteiger partial charge >= 0.3 is 0 Å². The van der Waals surface area contributed by atoms with Crippen LogP contribution in [-0.4, -0.2) is 24.2 Å². The molecule has 0 atom stereocenters. The number of thioether (sulfide) groups is 1. The van der Waals surface area contributed by atoms with E-state index < -0.39 is 0 Å². The summed E-state index contributed by atoms with van der Waals surface area (Å²) in [5.74, 6) is 0.990. The molecule has 0 aromatic heterocycles. The van der Waals surface area contributed by atoms with Crippen molar-refractivity contribution >= 4 is 11.8 Å². The van der Waals surface area contributed by atoms with Crippen molar-refractivity contribution in [1.29, 1.82) is 0 Å². The summed E-state index contributed by atoms with van der Waals surface area (Å²) in [6, 6.07) is 8.43. The molecule has 0 spiro atoms. The Morgan fingerprint density at radius 3 is 2.84 bits per heavy atom. The molecule has 0 aliphatic heterocycles. The van der Waals surface area contributed by atoms with Crippen LogP contribution in [0.1, 0.15) is 38.2 Å². The fourth-order valence-electron chi connectivity index (χ4n) is 2.42. The first-order valence-electron chi connectivity index (χ1n) is 7.25. The fraction of sp³-hybridized carbons (Fsp3) is 0.625. The van der Waals surface area contributed by atoms with Crippen LogP contribution in [-0.2, 0) is 6.54 Å². The number of rotatable bonds is 8. The molecule has 2 rings (SSSR count). The van der Waals surface area contributed by atoms with Gasteiger partial charge < -0.3 is 10.1 Å². The largest absolute Gasteiger partial charge is 0.494 e. The summed E-state index contributed by atoms with van der Waals surface area (Å²) in [5.41, 5.74) is 1.31. The predicted octanol–water partition coefficient (Wildman–Crippen LogP) is 3.85. The van der Waals surface area contributed by atoms with Crippen LogP contribution in [0, 0.1) is 0 Å². The number of ether oxygens (including phenoxy) is 1. The number of nitrogens with one attached hydrogen (secondary N) is 1. The monoisotopic (exact) mass is 279 g/mol. The van der Waals surface area contributed by atoms with Crippen molar-refractivity contribution in [3.05, 3.63) is 29.8 Å². The molecular formula is C16H25NOS. The van der Waals surface area contributed by atoms with Crippen LogP contribution < -0.4 is 10.1 Å². The van der Waals surface area contributed by atoms with Crippen molar-refractivity contribution in [2.75, 3.05) is 19.4 Å². The van der Waals surface area contributed by atoms with Crippen molar-refractivity contribution in [3.8, 4) is 5.75 Å². The van der Waals surface area contributed by atoms with E-state index in [9.17, 15) is 0 Å². The van der Waals surface area contributed by atoms with E-state index >= 15 is 0 Å². The summed E-state index contributed by atoms with van der Waals surface area (Å²) in [6.07, 6.45) is 7.41. The molecular weight excluding hydrogens is 254 g/mol. The van der Waals surface area contributed by atoms with Gasteiger partial charge in [0.1, 0.15) is 5.75 Å². The first kappa shape index (κ1) is 14.7. The van der Waals surface area contributed by atoms with E-state index in [1.807, 2.05) is 17.8 Å². The maximum absolute atomic E-state index is 5.66. The first-order valence-corrected chi connectivity index (χ1v) is 8.48. The lowest BCUT2D eigenvalue weighted by Gasteiger charge is -2.40. The molecule has 0 unspecified atom stereocenters. The van der Waals surface area contributed by atoms with Gasteiger partial charge in [0.2, 0.25) is 0 Å². The normalized spacial score (nSPS) is 16.9. The zero-order chi connectivity index (χ0) is 13.6. The van der Waals surface area contributed by atoms with Crippen LogP contribution >= 0.6 is 11.8 Å². The van der Waals surface area contributed by atoms with E-state index in [-0.39, 0.29) is 0 Å². The minimum atomic E-state index is 0.510. The van der Waals surface area contributed by atoms with Gasteiger partial charge in [0, 0.05) is 17.8 Å². The minimum Gasteiger partial charge on any atom is -0.494 e. The molecule has 3 heteroatoms. The third kappa shape index (κ3) is 4.15. The van der Waals surface area contributed by atoms with Gasteiger partial charge in [-0.25, -0.2) is 0 Å². The predicted molar refractivity (Wildman–Crippen MR) is 84.0 cm³/mol. The van der Waals surface area contributed by atoms with Gasteiger partial charge in [0.05, 0.1) is 6.61 Å². The number of benzene rings is 1. The Morgan fingerprint density at radius 1 is 1.37 bits per heavy atom. The SMILES string of the molecule is CCCOc1cccc(CNCC2(SC)CCC2)c1. The highest BCUT2D eigenvalue weighted by atomic mass is 32.2. The average Bonchev–Trinajstić information content (AvgIpc) is 2.40. The molecule has 2 nitrogen and oxygen atoms in total. The Hall–Kier alpha value is -0.670. The lowest BCUT2D eigenvalue weighted by molar-refractivity contribution is 0.317. The van der Waals surface area contributed by atoms with Crippen molar-refractivity contribution in [2.45, 2.75) is 43.9 Å². The quantitative estimate of drug-likeness (QED) is 0.781. The molecule has 0 radical (unpaired) electrons. The Bertz CT molecular complexity index is 385. The number of hydrogen-bond acceptors (Lipinski definition) is 3. The molecule has 19 heavy (non-hydrogen) atoms. The summed E-state index contributed by atoms with van der Waals surface area (Å²) in [5, 5.41) is 3.60. The lowest BCUT2D eigenvalue weighted by Crippen LogP contribution is -2.43. The Balaban J connectivity index is 1.79. The van der Waals surface area contributed by atoms with E-state index in [1.54, 1.807) is 0 Å². The van der Waals surface area contributed by atoms with E-state index in [0.717, 1.165) is 31.9 Å². The topological polar surface area (TPSA) is 21.3 Å². The molecule has 0 amide bonds. The van der Waals surface area contributed by atoms with Crippen molar-refractivity contribution < 1.29 is 4.74 Å². The maximum Gasteiger partial charge on any atom is 0.119 e. The van der Waals surface area contributed by atoms with Crippen LogP contribution in [0.4, 0.5) is 0 Å². The third-order valence-electron chi connectivity index (χ3n) is 3.85. The molecule has 1 saturated carbocycles. The van der Waals surface area contributed by atoms with Crippen LogP contribution in [0.2, 0.25) is 0 Å². The summed E-state index contributed by atoms with van der Waals surface area (Å²) >= 11 is 2.02. The summed E-state index contributed by atoms with van der Waals surface area (Å²) in [7, 11) is 0. The van der Waals surface area contributed by atoms with E-state index in [4.69, 9.17) is 4.74 Å². The second-order valence-electron chi connectivity index (χ2n) is 5.34. The molecule has 0 saturated heterocycles. The molecule has 1 aliphatic rings. The van der Waals surface area contributed by atoms with E-state index in [0.29, 0.717) is 4.75 Å². The van der Waals surface area contributed by atoms with Gasteiger partial charge in [-0.1, -0.05) is 25.5 Å². The molecule has 1 aromatic carbocycles. The first-order chi connectivity index (χ1) is 9.28. The van der Waals surface area contributed by atoms with Crippen LogP contribution in [0.25, 0.3) is 0 Å².